The van der Waals surface area contributed by atoms with Crippen molar-refractivity contribution in [2.75, 3.05) is 28.1 Å². The highest BCUT2D eigenvalue weighted by molar-refractivity contribution is 7.92. The molecule has 0 saturated heterocycles. The van der Waals surface area contributed by atoms with Gasteiger partial charge in [0.05, 0.1) is 16.3 Å². The summed E-state index contributed by atoms with van der Waals surface area (Å²) in [5, 5.41) is 5.41. The van der Waals surface area contributed by atoms with Crippen LogP contribution in [0.25, 0.3) is 0 Å². The number of ether oxygens (including phenoxy) is 1. The maximum absolute atomic E-state index is 13.3. The molecule has 0 saturated carbocycles. The van der Waals surface area contributed by atoms with Crippen LogP contribution in [0.5, 0.6) is 5.75 Å². The first-order chi connectivity index (χ1) is 15.4. The molecule has 8 nitrogen and oxygen atoms in total. The normalized spacial score (nSPS) is 14.8. The van der Waals surface area contributed by atoms with Crippen molar-refractivity contribution in [1.29, 1.82) is 0 Å². The minimum Gasteiger partial charge on any atom is -0.482 e. The predicted molar refractivity (Wildman–Crippen MR) is 120 cm³/mol. The number of nitrogens with zero attached hydrogens (tertiary/aromatic N) is 1. The maximum Gasteiger partial charge on any atom is 0.264 e. The van der Waals surface area contributed by atoms with Crippen molar-refractivity contribution >= 4 is 38.9 Å². The van der Waals surface area contributed by atoms with Crippen LogP contribution < -0.4 is 19.7 Å². The number of hydrogen-bond acceptors (Lipinski definition) is 5. The molecular formula is C23H19N3O5S. The molecule has 0 aromatic heterocycles. The molecule has 0 atom stereocenters. The van der Waals surface area contributed by atoms with E-state index in [9.17, 15) is 18.0 Å². The smallest absolute Gasteiger partial charge is 0.264 e. The standard InChI is InChI=1S/C23H19N3O5S/c27-22-14-31-21-9-8-17(13-19(21)25-22)24-23(28)16-5-3-6-18(12-16)32(29,30)26-11-10-15-4-1-2-7-20(15)26/h1-9,12-13H,10-11,14H2,(H,24,28)(H,25,27). The first kappa shape index (κ1) is 20.1. The van der Waals surface area contributed by atoms with Gasteiger partial charge in [0.25, 0.3) is 21.8 Å². The molecule has 2 heterocycles. The molecule has 32 heavy (non-hydrogen) atoms. The summed E-state index contributed by atoms with van der Waals surface area (Å²) < 4.78 is 33.2. The van der Waals surface area contributed by atoms with E-state index < -0.39 is 15.9 Å². The summed E-state index contributed by atoms with van der Waals surface area (Å²) in [4.78, 5) is 24.4. The third kappa shape index (κ3) is 3.56. The lowest BCUT2D eigenvalue weighted by atomic mass is 10.2. The van der Waals surface area contributed by atoms with Crippen molar-refractivity contribution in [3.05, 3.63) is 77.9 Å². The number of sulfonamides is 1. The van der Waals surface area contributed by atoms with Crippen molar-refractivity contribution in [3.63, 3.8) is 0 Å². The van der Waals surface area contributed by atoms with Gasteiger partial charge in [-0.2, -0.15) is 0 Å². The fraction of sp³-hybridized carbons (Fsp3) is 0.130. The molecule has 162 valence electrons. The van der Waals surface area contributed by atoms with E-state index in [0.717, 1.165) is 5.56 Å². The zero-order chi connectivity index (χ0) is 22.3. The van der Waals surface area contributed by atoms with Crippen LogP contribution in [0.15, 0.2) is 71.6 Å². The van der Waals surface area contributed by atoms with Gasteiger partial charge in [0.2, 0.25) is 0 Å². The van der Waals surface area contributed by atoms with Gasteiger partial charge in [-0.3, -0.25) is 13.9 Å². The SMILES string of the molecule is O=C1COc2ccc(NC(=O)c3cccc(S(=O)(=O)N4CCc5ccccc54)c3)cc2N1. The molecule has 0 radical (unpaired) electrons. The Kier molecular flexibility index (Phi) is 4.82. The number of fused-ring (bicyclic) bond motifs is 2. The van der Waals surface area contributed by atoms with Crippen molar-refractivity contribution in [3.8, 4) is 5.75 Å². The number of anilines is 3. The first-order valence-corrected chi connectivity index (χ1v) is 11.4. The molecule has 2 aliphatic heterocycles. The summed E-state index contributed by atoms with van der Waals surface area (Å²) in [5.74, 6) is -0.226. The molecule has 0 unspecified atom stereocenters. The fourth-order valence-corrected chi connectivity index (χ4v) is 5.40. The van der Waals surface area contributed by atoms with Gasteiger partial charge in [0.1, 0.15) is 5.75 Å². The predicted octanol–water partition coefficient (Wildman–Crippen LogP) is 3.02. The second-order valence-corrected chi connectivity index (χ2v) is 9.35. The summed E-state index contributed by atoms with van der Waals surface area (Å²) in [6.07, 6.45) is 0.647. The zero-order valence-corrected chi connectivity index (χ0v) is 17.7. The van der Waals surface area contributed by atoms with E-state index in [-0.39, 0.29) is 23.0 Å². The Morgan fingerprint density at radius 1 is 1.03 bits per heavy atom. The van der Waals surface area contributed by atoms with E-state index in [0.29, 0.717) is 35.8 Å². The van der Waals surface area contributed by atoms with Crippen LogP contribution in [0.3, 0.4) is 0 Å². The van der Waals surface area contributed by atoms with E-state index in [4.69, 9.17) is 4.74 Å². The third-order valence-electron chi connectivity index (χ3n) is 5.40. The number of carbonyl (C=O) groups is 2. The molecular weight excluding hydrogens is 430 g/mol. The van der Waals surface area contributed by atoms with Crippen LogP contribution in [0.2, 0.25) is 0 Å². The third-order valence-corrected chi connectivity index (χ3v) is 7.21. The van der Waals surface area contributed by atoms with E-state index in [2.05, 4.69) is 10.6 Å². The molecule has 0 fully saturated rings. The Labute approximate surface area is 184 Å². The number of carbonyl (C=O) groups excluding carboxylic acids is 2. The van der Waals surface area contributed by atoms with Crippen LogP contribution in [0.4, 0.5) is 17.1 Å². The minimum absolute atomic E-state index is 0.0490. The quantitative estimate of drug-likeness (QED) is 0.637. The lowest BCUT2D eigenvalue weighted by molar-refractivity contribution is -0.118. The van der Waals surface area contributed by atoms with Crippen molar-refractivity contribution < 1.29 is 22.7 Å². The van der Waals surface area contributed by atoms with E-state index in [1.54, 1.807) is 36.4 Å². The van der Waals surface area contributed by atoms with Crippen molar-refractivity contribution in [2.24, 2.45) is 0 Å². The van der Waals surface area contributed by atoms with Gasteiger partial charge in [-0.15, -0.1) is 0 Å². The lowest BCUT2D eigenvalue weighted by Crippen LogP contribution is -2.29. The van der Waals surface area contributed by atoms with Crippen LogP contribution in [-0.2, 0) is 21.2 Å². The van der Waals surface area contributed by atoms with Gasteiger partial charge >= 0.3 is 0 Å². The van der Waals surface area contributed by atoms with Crippen LogP contribution in [0.1, 0.15) is 15.9 Å². The van der Waals surface area contributed by atoms with E-state index >= 15 is 0 Å². The average Bonchev–Trinajstić information content (AvgIpc) is 3.24. The molecule has 2 aliphatic rings. The highest BCUT2D eigenvalue weighted by Crippen LogP contribution is 2.33. The highest BCUT2D eigenvalue weighted by atomic mass is 32.2. The van der Waals surface area contributed by atoms with Gasteiger partial charge in [-0.1, -0.05) is 24.3 Å². The summed E-state index contributed by atoms with van der Waals surface area (Å²) in [6.45, 7) is 0.308. The first-order valence-electron chi connectivity index (χ1n) is 10.0. The molecule has 2 amide bonds. The molecule has 0 bridgehead atoms. The number of hydrogen-bond donors (Lipinski definition) is 2. The number of benzene rings is 3. The van der Waals surface area contributed by atoms with E-state index in [1.165, 1.54) is 16.4 Å². The number of nitrogens with one attached hydrogen (secondary N) is 2. The van der Waals surface area contributed by atoms with Gasteiger partial charge in [0, 0.05) is 17.8 Å². The molecule has 3 aromatic rings. The summed E-state index contributed by atoms with van der Waals surface area (Å²) >= 11 is 0. The van der Waals surface area contributed by atoms with Crippen molar-refractivity contribution in [2.45, 2.75) is 11.3 Å². The van der Waals surface area contributed by atoms with Crippen LogP contribution >= 0.6 is 0 Å². The van der Waals surface area contributed by atoms with Gasteiger partial charge in [-0.25, -0.2) is 8.42 Å². The molecule has 0 spiro atoms. The molecule has 5 rings (SSSR count). The molecule has 0 aliphatic carbocycles. The van der Waals surface area contributed by atoms with Crippen LogP contribution in [-0.4, -0.2) is 33.4 Å². The average molecular weight is 449 g/mol. The molecule has 3 aromatic carbocycles. The fourth-order valence-electron chi connectivity index (χ4n) is 3.85. The second-order valence-electron chi connectivity index (χ2n) is 7.49. The zero-order valence-electron chi connectivity index (χ0n) is 16.9. The molecule has 9 heteroatoms. The van der Waals surface area contributed by atoms with E-state index in [1.807, 2.05) is 18.2 Å². The lowest BCUT2D eigenvalue weighted by Gasteiger charge is -2.20. The summed E-state index contributed by atoms with van der Waals surface area (Å²) in [5.41, 5.74) is 2.76. The Bertz CT molecular complexity index is 1350. The topological polar surface area (TPSA) is 105 Å². The highest BCUT2D eigenvalue weighted by Gasteiger charge is 2.31. The maximum atomic E-state index is 13.3. The number of amides is 2. The number of para-hydroxylation sites is 1. The van der Waals surface area contributed by atoms with Gasteiger partial charge in [0.15, 0.2) is 6.61 Å². The van der Waals surface area contributed by atoms with Gasteiger partial charge < -0.3 is 15.4 Å². The minimum atomic E-state index is -3.81. The Morgan fingerprint density at radius 2 is 1.88 bits per heavy atom. The summed E-state index contributed by atoms with van der Waals surface area (Å²) in [6, 6.07) is 18.2. The van der Waals surface area contributed by atoms with Crippen LogP contribution in [0, 0.1) is 0 Å². The van der Waals surface area contributed by atoms with Crippen molar-refractivity contribution in [1.82, 2.24) is 0 Å². The number of rotatable bonds is 4. The molecule has 2 N–H and O–H groups in total. The summed E-state index contributed by atoms with van der Waals surface area (Å²) in [7, 11) is -3.81. The second kappa shape index (κ2) is 7.69. The largest absolute Gasteiger partial charge is 0.482 e. The Balaban J connectivity index is 1.39. The van der Waals surface area contributed by atoms with Gasteiger partial charge in [-0.05, 0) is 54.4 Å². The Hall–Kier alpha value is -3.85. The monoisotopic (exact) mass is 449 g/mol. The Morgan fingerprint density at radius 3 is 2.75 bits per heavy atom.